The van der Waals surface area contributed by atoms with E-state index in [0.29, 0.717) is 0 Å². The van der Waals surface area contributed by atoms with Crippen molar-refractivity contribution < 1.29 is 9.59 Å². The van der Waals surface area contributed by atoms with E-state index < -0.39 is 0 Å². The Balaban J connectivity index is 1.98. The van der Waals surface area contributed by atoms with E-state index >= 15 is 0 Å². The molecule has 2 fully saturated rings. The van der Waals surface area contributed by atoms with Crippen molar-refractivity contribution in [1.82, 2.24) is 0 Å². The smallest absolute Gasteiger partial charge is 0.236 e. The van der Waals surface area contributed by atoms with Crippen molar-refractivity contribution in [3.05, 3.63) is 30.3 Å². The third kappa shape index (κ3) is 1.66. The molecule has 1 aromatic rings. The van der Waals surface area contributed by atoms with Gasteiger partial charge < -0.3 is 0 Å². The molecule has 3 heteroatoms. The molecule has 1 heterocycles. The lowest BCUT2D eigenvalue weighted by molar-refractivity contribution is -0.137. The number of piperidine rings is 1. The summed E-state index contributed by atoms with van der Waals surface area (Å²) in [7, 11) is 0. The van der Waals surface area contributed by atoms with Gasteiger partial charge in [-0.15, -0.1) is 0 Å². The van der Waals surface area contributed by atoms with Crippen molar-refractivity contribution in [3.63, 3.8) is 0 Å². The summed E-state index contributed by atoms with van der Waals surface area (Å²) in [5, 5.41) is 0. The van der Waals surface area contributed by atoms with Crippen LogP contribution < -0.4 is 4.90 Å². The number of nitrogens with zero attached hydrogens (tertiary/aromatic N) is 1. The Morgan fingerprint density at radius 3 is 2.12 bits per heavy atom. The largest absolute Gasteiger partial charge is 0.274 e. The van der Waals surface area contributed by atoms with Crippen LogP contribution in [0.3, 0.4) is 0 Å². The molecule has 1 saturated heterocycles. The molecular formula is C14H15NO2. The number of imide groups is 1. The first-order valence-corrected chi connectivity index (χ1v) is 6.20. The average Bonchev–Trinajstić information content (AvgIpc) is 2.39. The van der Waals surface area contributed by atoms with Crippen molar-refractivity contribution >= 4 is 17.5 Å². The van der Waals surface area contributed by atoms with Crippen LogP contribution >= 0.6 is 0 Å². The molecule has 0 radical (unpaired) electrons. The van der Waals surface area contributed by atoms with Crippen LogP contribution in [0.4, 0.5) is 5.69 Å². The zero-order chi connectivity index (χ0) is 11.8. The summed E-state index contributed by atoms with van der Waals surface area (Å²) in [4.78, 5) is 25.9. The van der Waals surface area contributed by atoms with Gasteiger partial charge in [-0.1, -0.05) is 24.6 Å². The maximum absolute atomic E-state index is 12.3. The highest BCUT2D eigenvalue weighted by atomic mass is 16.2. The van der Waals surface area contributed by atoms with Crippen LogP contribution in [-0.2, 0) is 9.59 Å². The number of anilines is 1. The van der Waals surface area contributed by atoms with E-state index in [1.807, 2.05) is 30.3 Å². The number of amides is 2. The molecule has 1 aliphatic heterocycles. The summed E-state index contributed by atoms with van der Waals surface area (Å²) in [6, 6.07) is 9.28. The first kappa shape index (κ1) is 10.5. The summed E-state index contributed by atoms with van der Waals surface area (Å²) in [6.07, 6.45) is 3.65. The monoisotopic (exact) mass is 229 g/mol. The molecule has 1 aliphatic carbocycles. The van der Waals surface area contributed by atoms with Gasteiger partial charge in [0.2, 0.25) is 11.8 Å². The van der Waals surface area contributed by atoms with Gasteiger partial charge in [-0.25, -0.2) is 0 Å². The molecule has 3 nitrogen and oxygen atoms in total. The van der Waals surface area contributed by atoms with Gasteiger partial charge in [-0.2, -0.15) is 0 Å². The standard InChI is InChI=1S/C14H15NO2/c16-13-10-5-4-6-11(9-10)14(17)15(13)12-7-2-1-3-8-12/h1-3,7-8,10-11H,4-6,9H2. The van der Waals surface area contributed by atoms with Crippen LogP contribution in [0, 0.1) is 11.8 Å². The lowest BCUT2D eigenvalue weighted by atomic mass is 9.76. The van der Waals surface area contributed by atoms with E-state index in [4.69, 9.17) is 0 Å². The predicted molar refractivity (Wildman–Crippen MR) is 64.4 cm³/mol. The van der Waals surface area contributed by atoms with E-state index in [1.54, 1.807) is 0 Å². The van der Waals surface area contributed by atoms with Gasteiger partial charge in [0.05, 0.1) is 5.69 Å². The molecular weight excluding hydrogens is 214 g/mol. The molecule has 2 amide bonds. The Labute approximate surface area is 100 Å². The van der Waals surface area contributed by atoms with Gasteiger partial charge >= 0.3 is 0 Å². The summed E-state index contributed by atoms with van der Waals surface area (Å²) < 4.78 is 0. The Morgan fingerprint density at radius 1 is 0.941 bits per heavy atom. The highest BCUT2D eigenvalue weighted by Gasteiger charge is 2.43. The third-order valence-corrected chi connectivity index (χ3v) is 3.83. The van der Waals surface area contributed by atoms with Gasteiger partial charge in [0.25, 0.3) is 0 Å². The molecule has 88 valence electrons. The molecule has 17 heavy (non-hydrogen) atoms. The first-order valence-electron chi connectivity index (χ1n) is 6.20. The maximum atomic E-state index is 12.3. The van der Waals surface area contributed by atoms with Gasteiger partial charge in [0.1, 0.15) is 0 Å². The fourth-order valence-electron chi connectivity index (χ4n) is 2.94. The van der Waals surface area contributed by atoms with Crippen molar-refractivity contribution in [1.29, 1.82) is 0 Å². The van der Waals surface area contributed by atoms with E-state index in [9.17, 15) is 9.59 Å². The van der Waals surface area contributed by atoms with E-state index in [-0.39, 0.29) is 23.7 Å². The minimum absolute atomic E-state index is 0.00264. The number of hydrogen-bond acceptors (Lipinski definition) is 2. The average molecular weight is 229 g/mol. The third-order valence-electron chi connectivity index (χ3n) is 3.83. The number of para-hydroxylation sites is 1. The number of carbonyl (C=O) groups is 2. The number of fused-ring (bicyclic) bond motifs is 2. The predicted octanol–water partition coefficient (Wildman–Crippen LogP) is 2.37. The van der Waals surface area contributed by atoms with E-state index in [0.717, 1.165) is 31.4 Å². The van der Waals surface area contributed by atoms with Crippen molar-refractivity contribution in [2.75, 3.05) is 4.90 Å². The highest BCUT2D eigenvalue weighted by molar-refractivity contribution is 6.18. The molecule has 0 spiro atoms. The molecule has 2 atom stereocenters. The van der Waals surface area contributed by atoms with Crippen molar-refractivity contribution in [3.8, 4) is 0 Å². The molecule has 2 aliphatic rings. The van der Waals surface area contributed by atoms with Crippen LogP contribution in [0.1, 0.15) is 25.7 Å². The van der Waals surface area contributed by atoms with E-state index in [1.165, 1.54) is 4.90 Å². The lowest BCUT2D eigenvalue weighted by Gasteiger charge is -2.38. The SMILES string of the molecule is O=C1C2CCCC(C2)C(=O)N1c1ccccc1. The normalized spacial score (nSPS) is 28.4. The minimum Gasteiger partial charge on any atom is -0.274 e. The summed E-state index contributed by atoms with van der Waals surface area (Å²) in [5.74, 6) is 0.118. The number of rotatable bonds is 1. The summed E-state index contributed by atoms with van der Waals surface area (Å²) in [5.41, 5.74) is 0.721. The van der Waals surface area contributed by atoms with Gasteiger partial charge in [0, 0.05) is 11.8 Å². The van der Waals surface area contributed by atoms with E-state index in [2.05, 4.69) is 0 Å². The Bertz CT molecular complexity index is 433. The quantitative estimate of drug-likeness (QED) is 0.693. The number of benzene rings is 1. The minimum atomic E-state index is -0.00264. The zero-order valence-corrected chi connectivity index (χ0v) is 9.63. The molecule has 2 bridgehead atoms. The second kappa shape index (κ2) is 3.99. The number of hydrogen-bond donors (Lipinski definition) is 0. The lowest BCUT2D eigenvalue weighted by Crippen LogP contribution is -2.51. The van der Waals surface area contributed by atoms with Gasteiger partial charge in [-0.05, 0) is 31.4 Å². The van der Waals surface area contributed by atoms with Crippen molar-refractivity contribution in [2.24, 2.45) is 11.8 Å². The van der Waals surface area contributed by atoms with Crippen LogP contribution in [0.25, 0.3) is 0 Å². The zero-order valence-electron chi connectivity index (χ0n) is 9.63. The molecule has 0 aromatic heterocycles. The Morgan fingerprint density at radius 2 is 1.53 bits per heavy atom. The molecule has 2 unspecified atom stereocenters. The Kier molecular flexibility index (Phi) is 2.46. The highest BCUT2D eigenvalue weighted by Crippen LogP contribution is 2.37. The van der Waals surface area contributed by atoms with Crippen molar-refractivity contribution in [2.45, 2.75) is 25.7 Å². The van der Waals surface area contributed by atoms with Gasteiger partial charge in [-0.3, -0.25) is 14.5 Å². The molecule has 0 N–H and O–H groups in total. The fourth-order valence-corrected chi connectivity index (χ4v) is 2.94. The van der Waals surface area contributed by atoms with Crippen LogP contribution in [-0.4, -0.2) is 11.8 Å². The molecule has 1 saturated carbocycles. The fraction of sp³-hybridized carbons (Fsp3) is 0.429. The second-order valence-electron chi connectivity index (χ2n) is 4.91. The topological polar surface area (TPSA) is 37.4 Å². The maximum Gasteiger partial charge on any atom is 0.236 e. The van der Waals surface area contributed by atoms with Crippen LogP contribution in [0.5, 0.6) is 0 Å². The van der Waals surface area contributed by atoms with Gasteiger partial charge in [0.15, 0.2) is 0 Å². The second-order valence-corrected chi connectivity index (χ2v) is 4.91. The van der Waals surface area contributed by atoms with Crippen LogP contribution in [0.2, 0.25) is 0 Å². The number of carbonyl (C=O) groups excluding carboxylic acids is 2. The van der Waals surface area contributed by atoms with Crippen LogP contribution in [0.15, 0.2) is 30.3 Å². The first-order chi connectivity index (χ1) is 8.27. The Hall–Kier alpha value is -1.64. The summed E-state index contributed by atoms with van der Waals surface area (Å²) >= 11 is 0. The molecule has 1 aromatic carbocycles. The summed E-state index contributed by atoms with van der Waals surface area (Å²) in [6.45, 7) is 0. The molecule has 3 rings (SSSR count).